The molecule has 4 N–H and O–H groups in total. The number of rotatable bonds is 7. The van der Waals surface area contributed by atoms with E-state index in [2.05, 4.69) is 34.2 Å². The van der Waals surface area contributed by atoms with Crippen LogP contribution in [-0.4, -0.2) is 19.6 Å². The quantitative estimate of drug-likeness (QED) is 0.590. The number of fused-ring (bicyclic) bond motifs is 1. The molecule has 0 bridgehead atoms. The van der Waals surface area contributed by atoms with E-state index in [1.54, 1.807) is 0 Å². The van der Waals surface area contributed by atoms with Gasteiger partial charge in [0.15, 0.2) is 0 Å². The van der Waals surface area contributed by atoms with Crippen LogP contribution in [0.25, 0.3) is 5.78 Å². The van der Waals surface area contributed by atoms with Gasteiger partial charge >= 0.3 is 0 Å². The summed E-state index contributed by atoms with van der Waals surface area (Å²) in [7, 11) is 0. The van der Waals surface area contributed by atoms with Crippen LogP contribution < -0.4 is 16.6 Å². The van der Waals surface area contributed by atoms with Crippen molar-refractivity contribution in [1.29, 1.82) is 0 Å². The Kier molecular flexibility index (Phi) is 5.58. The first kappa shape index (κ1) is 18.4. The first-order chi connectivity index (χ1) is 12.4. The monoisotopic (exact) mass is 374 g/mol. The molecule has 8 heteroatoms. The topological polar surface area (TPSA) is 101 Å². The van der Waals surface area contributed by atoms with Gasteiger partial charge in [0.25, 0.3) is 11.3 Å². The van der Waals surface area contributed by atoms with Crippen molar-refractivity contribution in [2.24, 2.45) is 5.92 Å². The highest BCUT2D eigenvalue weighted by Crippen LogP contribution is 2.23. The Labute approximate surface area is 156 Å². The Bertz CT molecular complexity index is 931. The number of benzene rings is 1. The second kappa shape index (κ2) is 7.88. The summed E-state index contributed by atoms with van der Waals surface area (Å²) in [4.78, 5) is 20.5. The second-order valence-electron chi connectivity index (χ2n) is 6.79. The summed E-state index contributed by atoms with van der Waals surface area (Å²) in [5.41, 5.74) is 7.15. The maximum atomic E-state index is 12.1. The number of aromatic amines is 1. The average molecular weight is 375 g/mol. The van der Waals surface area contributed by atoms with Crippen LogP contribution in [0, 0.1) is 5.92 Å². The summed E-state index contributed by atoms with van der Waals surface area (Å²) in [6, 6.07) is 9.48. The minimum atomic E-state index is -0.235. The number of anilines is 1. The summed E-state index contributed by atoms with van der Waals surface area (Å²) in [5, 5.41) is 6.88. The average Bonchev–Trinajstić information content (AvgIpc) is 2.97. The SMILES string of the molecule is CC(C)CCC(NCc1cc(=O)n2[nH]c(N)nc2n1)c1ccc(Cl)cc1. The first-order valence-corrected chi connectivity index (χ1v) is 9.03. The van der Waals surface area contributed by atoms with Crippen LogP contribution in [0.3, 0.4) is 0 Å². The van der Waals surface area contributed by atoms with Gasteiger partial charge in [0.1, 0.15) is 0 Å². The van der Waals surface area contributed by atoms with E-state index in [-0.39, 0.29) is 23.3 Å². The van der Waals surface area contributed by atoms with Crippen LogP contribution in [0.5, 0.6) is 0 Å². The van der Waals surface area contributed by atoms with Crippen LogP contribution in [0.4, 0.5) is 5.95 Å². The zero-order chi connectivity index (χ0) is 18.7. The van der Waals surface area contributed by atoms with Crippen LogP contribution in [-0.2, 0) is 6.54 Å². The third-order valence-corrected chi connectivity index (χ3v) is 4.49. The van der Waals surface area contributed by atoms with Gasteiger partial charge in [0.05, 0.1) is 5.69 Å². The number of nitrogens with two attached hydrogens (primary N) is 1. The van der Waals surface area contributed by atoms with E-state index < -0.39 is 0 Å². The molecule has 0 saturated heterocycles. The highest BCUT2D eigenvalue weighted by molar-refractivity contribution is 6.30. The molecule has 1 unspecified atom stereocenters. The predicted molar refractivity (Wildman–Crippen MR) is 103 cm³/mol. The number of nitrogens with one attached hydrogen (secondary N) is 2. The van der Waals surface area contributed by atoms with Crippen molar-refractivity contribution in [2.45, 2.75) is 39.3 Å². The fraction of sp³-hybridized carbons (Fsp3) is 0.389. The lowest BCUT2D eigenvalue weighted by Gasteiger charge is -2.20. The highest BCUT2D eigenvalue weighted by atomic mass is 35.5. The van der Waals surface area contributed by atoms with E-state index >= 15 is 0 Å². The predicted octanol–water partition coefficient (Wildman–Crippen LogP) is 2.92. The van der Waals surface area contributed by atoms with E-state index in [4.69, 9.17) is 17.3 Å². The Balaban J connectivity index is 1.78. The molecule has 138 valence electrons. The largest absolute Gasteiger partial charge is 0.368 e. The van der Waals surface area contributed by atoms with Gasteiger partial charge in [-0.3, -0.25) is 9.89 Å². The molecule has 2 heterocycles. The van der Waals surface area contributed by atoms with Gasteiger partial charge < -0.3 is 11.1 Å². The summed E-state index contributed by atoms with van der Waals surface area (Å²) in [6.07, 6.45) is 2.07. The lowest BCUT2D eigenvalue weighted by Crippen LogP contribution is -2.24. The van der Waals surface area contributed by atoms with Crippen molar-refractivity contribution in [3.8, 4) is 0 Å². The molecule has 0 aliphatic rings. The molecule has 1 aromatic carbocycles. The van der Waals surface area contributed by atoms with Crippen LogP contribution >= 0.6 is 11.6 Å². The molecular weight excluding hydrogens is 352 g/mol. The molecule has 0 spiro atoms. The smallest absolute Gasteiger partial charge is 0.274 e. The number of nitrogen functional groups attached to an aromatic ring is 1. The van der Waals surface area contributed by atoms with E-state index in [1.807, 2.05) is 24.3 Å². The van der Waals surface area contributed by atoms with Crippen molar-refractivity contribution in [2.75, 3.05) is 5.73 Å². The minimum absolute atomic E-state index is 0.152. The maximum Gasteiger partial charge on any atom is 0.274 e. The zero-order valence-corrected chi connectivity index (χ0v) is 15.6. The second-order valence-corrected chi connectivity index (χ2v) is 7.22. The molecule has 3 aromatic rings. The van der Waals surface area contributed by atoms with Gasteiger partial charge in [0.2, 0.25) is 5.95 Å². The highest BCUT2D eigenvalue weighted by Gasteiger charge is 2.13. The number of aromatic nitrogens is 4. The minimum Gasteiger partial charge on any atom is -0.368 e. The molecule has 26 heavy (non-hydrogen) atoms. The zero-order valence-electron chi connectivity index (χ0n) is 14.9. The lowest BCUT2D eigenvalue weighted by molar-refractivity contribution is 0.437. The Morgan fingerprint density at radius 2 is 1.96 bits per heavy atom. The summed E-state index contributed by atoms with van der Waals surface area (Å²) < 4.78 is 1.23. The molecule has 0 saturated carbocycles. The number of halogens is 1. The molecule has 0 fully saturated rings. The van der Waals surface area contributed by atoms with Crippen molar-refractivity contribution in [3.63, 3.8) is 0 Å². The number of hydrogen-bond donors (Lipinski definition) is 3. The van der Waals surface area contributed by atoms with Crippen molar-refractivity contribution in [3.05, 3.63) is 57.0 Å². The van der Waals surface area contributed by atoms with E-state index in [9.17, 15) is 4.79 Å². The summed E-state index contributed by atoms with van der Waals surface area (Å²) in [6.45, 7) is 4.87. The summed E-state index contributed by atoms with van der Waals surface area (Å²) in [5.74, 6) is 1.05. The van der Waals surface area contributed by atoms with Gasteiger partial charge in [-0.1, -0.05) is 37.6 Å². The fourth-order valence-corrected chi connectivity index (χ4v) is 2.97. The molecular formula is C18H23ClN6O. The van der Waals surface area contributed by atoms with Crippen LogP contribution in [0.1, 0.15) is 44.0 Å². The molecule has 0 aliphatic carbocycles. The molecule has 0 amide bonds. The van der Waals surface area contributed by atoms with Gasteiger partial charge in [0, 0.05) is 23.7 Å². The van der Waals surface area contributed by atoms with Crippen LogP contribution in [0.15, 0.2) is 35.1 Å². The summed E-state index contributed by atoms with van der Waals surface area (Å²) >= 11 is 6.00. The normalized spacial score (nSPS) is 12.8. The Hall–Kier alpha value is -2.38. The van der Waals surface area contributed by atoms with Gasteiger partial charge in [-0.15, -0.1) is 0 Å². The standard InChI is InChI=1S/C18H23ClN6O/c1-11(2)3-8-15(12-4-6-13(19)7-5-12)21-10-14-9-16(26)25-18(22-14)23-17(20)24-25/h4-7,9,11,15,21H,3,8,10H2,1-2H3,(H3,20,22,23,24). The Morgan fingerprint density at radius 3 is 2.65 bits per heavy atom. The van der Waals surface area contributed by atoms with Gasteiger partial charge in [-0.2, -0.15) is 9.50 Å². The van der Waals surface area contributed by atoms with Gasteiger partial charge in [-0.05, 0) is 36.5 Å². The molecule has 1 atom stereocenters. The van der Waals surface area contributed by atoms with Crippen molar-refractivity contribution < 1.29 is 0 Å². The molecule has 0 radical (unpaired) electrons. The van der Waals surface area contributed by atoms with E-state index in [0.717, 1.165) is 18.4 Å². The number of H-pyrrole nitrogens is 1. The first-order valence-electron chi connectivity index (χ1n) is 8.65. The van der Waals surface area contributed by atoms with Gasteiger partial charge in [-0.25, -0.2) is 4.98 Å². The van der Waals surface area contributed by atoms with E-state index in [0.29, 0.717) is 23.2 Å². The fourth-order valence-electron chi connectivity index (χ4n) is 2.84. The molecule has 0 aliphatic heterocycles. The molecule has 7 nitrogen and oxygen atoms in total. The Morgan fingerprint density at radius 1 is 1.23 bits per heavy atom. The number of hydrogen-bond acceptors (Lipinski definition) is 5. The third kappa shape index (κ3) is 4.42. The van der Waals surface area contributed by atoms with Crippen molar-refractivity contribution in [1.82, 2.24) is 24.9 Å². The van der Waals surface area contributed by atoms with Crippen molar-refractivity contribution >= 4 is 23.3 Å². The number of nitrogens with zero attached hydrogens (tertiary/aromatic N) is 3. The maximum absolute atomic E-state index is 12.1. The third-order valence-electron chi connectivity index (χ3n) is 4.24. The van der Waals surface area contributed by atoms with Crippen LogP contribution in [0.2, 0.25) is 5.02 Å². The van der Waals surface area contributed by atoms with E-state index in [1.165, 1.54) is 10.6 Å². The lowest BCUT2D eigenvalue weighted by atomic mass is 9.97. The molecule has 2 aromatic heterocycles. The molecule has 3 rings (SSSR count).